The minimum Gasteiger partial charge on any atom is -0.369 e. The number of aromatic nitrogens is 1. The van der Waals surface area contributed by atoms with E-state index in [-0.39, 0.29) is 0 Å². The summed E-state index contributed by atoms with van der Waals surface area (Å²) in [4.78, 5) is 6.45. The van der Waals surface area contributed by atoms with Crippen LogP contribution in [0.2, 0.25) is 0 Å². The lowest BCUT2D eigenvalue weighted by Crippen LogP contribution is -2.48. The van der Waals surface area contributed by atoms with Crippen molar-refractivity contribution in [3.05, 3.63) is 11.1 Å². The van der Waals surface area contributed by atoms with Crippen LogP contribution in [0.15, 0.2) is 5.38 Å². The van der Waals surface area contributed by atoms with Crippen LogP contribution in [0.1, 0.15) is 5.69 Å². The Morgan fingerprint density at radius 2 is 2.43 bits per heavy atom. The van der Waals surface area contributed by atoms with Gasteiger partial charge in [0.25, 0.3) is 0 Å². The summed E-state index contributed by atoms with van der Waals surface area (Å²) in [7, 11) is 4.00. The first-order valence-corrected chi connectivity index (χ1v) is 5.57. The molecule has 0 aliphatic carbocycles. The monoisotopic (exact) mass is 213 g/mol. The van der Waals surface area contributed by atoms with Gasteiger partial charge in [-0.1, -0.05) is 0 Å². The fourth-order valence-corrected chi connectivity index (χ4v) is 1.89. The van der Waals surface area contributed by atoms with Crippen molar-refractivity contribution >= 4 is 16.5 Å². The number of thiazole rings is 1. The number of nitrogens with one attached hydrogen (secondary N) is 1. The van der Waals surface area contributed by atoms with Gasteiger partial charge in [-0.15, -0.1) is 11.3 Å². The zero-order valence-electron chi connectivity index (χ0n) is 8.49. The van der Waals surface area contributed by atoms with E-state index in [1.54, 1.807) is 11.3 Å². The van der Waals surface area contributed by atoms with Gasteiger partial charge in [0.1, 0.15) is 0 Å². The molecule has 1 saturated heterocycles. The van der Waals surface area contributed by atoms with Crippen molar-refractivity contribution in [1.82, 2.24) is 10.3 Å². The number of nitrogens with zero attached hydrogens (tertiary/aromatic N) is 2. The molecule has 0 atom stereocenters. The molecule has 5 heteroatoms. The van der Waals surface area contributed by atoms with Crippen molar-refractivity contribution in [2.45, 2.75) is 12.7 Å². The van der Waals surface area contributed by atoms with Crippen LogP contribution >= 0.6 is 11.3 Å². The van der Waals surface area contributed by atoms with E-state index in [0.29, 0.717) is 12.7 Å². The maximum Gasteiger partial charge on any atom is 0.185 e. The average Bonchev–Trinajstić information content (AvgIpc) is 2.50. The van der Waals surface area contributed by atoms with Gasteiger partial charge in [-0.2, -0.15) is 0 Å². The lowest BCUT2D eigenvalue weighted by atomic mass is 10.2. The van der Waals surface area contributed by atoms with Gasteiger partial charge >= 0.3 is 0 Å². The molecule has 0 bridgehead atoms. The van der Waals surface area contributed by atoms with Crippen LogP contribution in [-0.4, -0.2) is 38.3 Å². The molecule has 1 aliphatic rings. The van der Waals surface area contributed by atoms with E-state index < -0.39 is 0 Å². The molecule has 0 saturated carbocycles. The van der Waals surface area contributed by atoms with Gasteiger partial charge in [-0.05, 0) is 0 Å². The summed E-state index contributed by atoms with van der Waals surface area (Å²) in [5.41, 5.74) is 1.03. The maximum atomic E-state index is 5.62. The third-order valence-corrected chi connectivity index (χ3v) is 3.19. The van der Waals surface area contributed by atoms with Crippen LogP contribution in [0.5, 0.6) is 0 Å². The summed E-state index contributed by atoms with van der Waals surface area (Å²) in [6.07, 6.45) is 0.388. The van der Waals surface area contributed by atoms with Gasteiger partial charge in [0.05, 0.1) is 18.4 Å². The summed E-state index contributed by atoms with van der Waals surface area (Å²) in [6, 6.07) is 0. The average molecular weight is 213 g/mol. The largest absolute Gasteiger partial charge is 0.369 e. The van der Waals surface area contributed by atoms with Gasteiger partial charge in [-0.3, -0.25) is 0 Å². The van der Waals surface area contributed by atoms with Crippen molar-refractivity contribution in [3.8, 4) is 0 Å². The minimum atomic E-state index is 0.388. The predicted molar refractivity (Wildman–Crippen MR) is 57.9 cm³/mol. The van der Waals surface area contributed by atoms with Gasteiger partial charge in [-0.25, -0.2) is 4.98 Å². The molecule has 4 nitrogen and oxygen atoms in total. The molecule has 14 heavy (non-hydrogen) atoms. The standard InChI is InChI=1S/C9H15N3OS/c1-12(2)9-11-7(6-14-9)5-13-8-3-10-4-8/h6,8,10H,3-5H2,1-2H3. The Hall–Kier alpha value is -0.650. The molecule has 0 spiro atoms. The Morgan fingerprint density at radius 1 is 1.64 bits per heavy atom. The number of hydrogen-bond acceptors (Lipinski definition) is 5. The topological polar surface area (TPSA) is 37.4 Å². The third-order valence-electron chi connectivity index (χ3n) is 2.13. The molecule has 1 N–H and O–H groups in total. The second kappa shape index (κ2) is 4.25. The molecule has 78 valence electrons. The summed E-state index contributed by atoms with van der Waals surface area (Å²) >= 11 is 1.65. The number of rotatable bonds is 4. The molecule has 0 amide bonds. The minimum absolute atomic E-state index is 0.388. The molecule has 2 heterocycles. The summed E-state index contributed by atoms with van der Waals surface area (Å²) in [5.74, 6) is 0. The second-order valence-corrected chi connectivity index (χ2v) is 4.44. The zero-order chi connectivity index (χ0) is 9.97. The molecule has 1 aromatic rings. The molecule has 2 rings (SSSR count). The molecule has 1 aromatic heterocycles. The fraction of sp³-hybridized carbons (Fsp3) is 0.667. The molecule has 1 fully saturated rings. The molecular weight excluding hydrogens is 198 g/mol. The van der Waals surface area contributed by atoms with E-state index in [9.17, 15) is 0 Å². The highest BCUT2D eigenvalue weighted by Gasteiger charge is 2.17. The first-order valence-electron chi connectivity index (χ1n) is 4.70. The fourth-order valence-electron chi connectivity index (χ4n) is 1.15. The van der Waals surface area contributed by atoms with Crippen LogP contribution < -0.4 is 10.2 Å². The van der Waals surface area contributed by atoms with E-state index >= 15 is 0 Å². The van der Waals surface area contributed by atoms with E-state index in [1.807, 2.05) is 19.0 Å². The Morgan fingerprint density at radius 3 is 2.93 bits per heavy atom. The van der Waals surface area contributed by atoms with Crippen molar-refractivity contribution in [1.29, 1.82) is 0 Å². The number of ether oxygens (including phenoxy) is 1. The highest BCUT2D eigenvalue weighted by Crippen LogP contribution is 2.18. The van der Waals surface area contributed by atoms with Crippen LogP contribution in [0.4, 0.5) is 5.13 Å². The van der Waals surface area contributed by atoms with E-state index in [2.05, 4.69) is 15.7 Å². The van der Waals surface area contributed by atoms with Crippen molar-refractivity contribution in [2.24, 2.45) is 0 Å². The van der Waals surface area contributed by atoms with Gasteiger partial charge in [0.2, 0.25) is 0 Å². The highest BCUT2D eigenvalue weighted by molar-refractivity contribution is 7.13. The molecule has 0 aromatic carbocycles. The van der Waals surface area contributed by atoms with Crippen molar-refractivity contribution < 1.29 is 4.74 Å². The first kappa shape index (κ1) is 9.89. The summed E-state index contributed by atoms with van der Waals surface area (Å²) in [6.45, 7) is 2.59. The van der Waals surface area contributed by atoms with Crippen molar-refractivity contribution in [2.75, 3.05) is 32.1 Å². The Kier molecular flexibility index (Phi) is 3.00. The summed E-state index contributed by atoms with van der Waals surface area (Å²) < 4.78 is 5.62. The van der Waals surface area contributed by atoms with Crippen LogP contribution in [0, 0.1) is 0 Å². The summed E-state index contributed by atoms with van der Waals surface area (Å²) in [5, 5.41) is 6.26. The molecule has 0 unspecified atom stereocenters. The highest BCUT2D eigenvalue weighted by atomic mass is 32.1. The predicted octanol–water partition coefficient (Wildman–Crippen LogP) is 0.697. The number of anilines is 1. The normalized spacial score (nSPS) is 16.7. The van der Waals surface area contributed by atoms with Gasteiger partial charge < -0.3 is 15.0 Å². The van der Waals surface area contributed by atoms with E-state index in [4.69, 9.17) is 4.74 Å². The smallest absolute Gasteiger partial charge is 0.185 e. The Bertz CT molecular complexity index is 296. The molecular formula is C9H15N3OS. The zero-order valence-corrected chi connectivity index (χ0v) is 9.30. The molecule has 1 aliphatic heterocycles. The number of hydrogen-bond donors (Lipinski definition) is 1. The third kappa shape index (κ3) is 2.23. The Balaban J connectivity index is 1.83. The first-order chi connectivity index (χ1) is 6.75. The second-order valence-electron chi connectivity index (χ2n) is 3.61. The van der Waals surface area contributed by atoms with Gasteiger partial charge in [0, 0.05) is 32.6 Å². The van der Waals surface area contributed by atoms with Crippen LogP contribution in [0.25, 0.3) is 0 Å². The maximum absolute atomic E-state index is 5.62. The van der Waals surface area contributed by atoms with Gasteiger partial charge in [0.15, 0.2) is 5.13 Å². The SMILES string of the molecule is CN(C)c1nc(COC2CNC2)cs1. The Labute approximate surface area is 87.9 Å². The lowest BCUT2D eigenvalue weighted by molar-refractivity contribution is 0.00629. The lowest BCUT2D eigenvalue weighted by Gasteiger charge is -2.26. The van der Waals surface area contributed by atoms with E-state index in [0.717, 1.165) is 23.9 Å². The van der Waals surface area contributed by atoms with Crippen molar-refractivity contribution in [3.63, 3.8) is 0 Å². The molecule has 0 radical (unpaired) electrons. The van der Waals surface area contributed by atoms with E-state index in [1.165, 1.54) is 0 Å². The van der Waals surface area contributed by atoms with Crippen LogP contribution in [0.3, 0.4) is 0 Å². The van der Waals surface area contributed by atoms with Crippen LogP contribution in [-0.2, 0) is 11.3 Å². The quantitative estimate of drug-likeness (QED) is 0.799.